The minimum absolute atomic E-state index is 0.0750. The molecule has 0 radical (unpaired) electrons. The maximum atomic E-state index is 12.6. The molecule has 134 valence electrons. The van der Waals surface area contributed by atoms with E-state index in [2.05, 4.69) is 32.8 Å². The molecule has 1 amide bonds. The summed E-state index contributed by atoms with van der Waals surface area (Å²) in [5, 5.41) is 0. The number of halogens is 1. The molecule has 2 unspecified atom stereocenters. The van der Waals surface area contributed by atoms with Gasteiger partial charge in [-0.3, -0.25) is 4.90 Å². The number of ether oxygens (including phenoxy) is 1. The first kappa shape index (κ1) is 18.0. The summed E-state index contributed by atoms with van der Waals surface area (Å²) in [7, 11) is 0. The molecule has 3 rings (SSSR count). The highest BCUT2D eigenvalue weighted by molar-refractivity contribution is 9.10. The van der Waals surface area contributed by atoms with Crippen molar-refractivity contribution in [1.82, 2.24) is 14.9 Å². The van der Waals surface area contributed by atoms with Gasteiger partial charge in [0.15, 0.2) is 0 Å². The summed E-state index contributed by atoms with van der Waals surface area (Å²) >= 11 is 3.45. The van der Waals surface area contributed by atoms with E-state index in [0.29, 0.717) is 12.5 Å². The number of likely N-dealkylation sites (tertiary alicyclic amines) is 1. The summed E-state index contributed by atoms with van der Waals surface area (Å²) in [4.78, 5) is 22.3. The van der Waals surface area contributed by atoms with Gasteiger partial charge in [-0.2, -0.15) is 0 Å². The van der Waals surface area contributed by atoms with Gasteiger partial charge in [0.2, 0.25) is 0 Å². The Morgan fingerprint density at radius 3 is 2.64 bits per heavy atom. The minimum atomic E-state index is -0.501. The highest BCUT2D eigenvalue weighted by Gasteiger charge is 2.38. The Labute approximate surface area is 156 Å². The topological polar surface area (TPSA) is 58.2 Å². The van der Waals surface area contributed by atoms with Crippen LogP contribution < -0.4 is 0 Å². The molecule has 1 N–H and O–H groups in total. The Balaban J connectivity index is 1.82. The molecule has 2 aromatic rings. The van der Waals surface area contributed by atoms with Gasteiger partial charge < -0.3 is 9.72 Å². The van der Waals surface area contributed by atoms with Gasteiger partial charge in [0.1, 0.15) is 11.4 Å². The van der Waals surface area contributed by atoms with Gasteiger partial charge in [-0.15, -0.1) is 0 Å². The monoisotopic (exact) mass is 405 g/mol. The highest BCUT2D eigenvalue weighted by atomic mass is 79.9. The highest BCUT2D eigenvalue weighted by Crippen LogP contribution is 2.35. The number of amides is 1. The maximum Gasteiger partial charge on any atom is 0.410 e. The molecule has 1 aromatic heterocycles. The number of hydrogen-bond donors (Lipinski definition) is 1. The number of H-pyrrole nitrogens is 1. The van der Waals surface area contributed by atoms with Crippen LogP contribution in [0.25, 0.3) is 11.3 Å². The first-order valence-corrected chi connectivity index (χ1v) is 9.33. The number of carbonyl (C=O) groups excluding carboxylic acids is 1. The molecule has 0 spiro atoms. The normalized spacial score (nSPS) is 20.8. The number of nitrogens with one attached hydrogen (secondary N) is 1. The Bertz CT molecular complexity index is 749. The Morgan fingerprint density at radius 1 is 1.32 bits per heavy atom. The van der Waals surface area contributed by atoms with Crippen LogP contribution in [0.2, 0.25) is 0 Å². The molecule has 1 aromatic carbocycles. The predicted octanol–water partition coefficient (Wildman–Crippen LogP) is 5.16. The molecule has 2 atom stereocenters. The van der Waals surface area contributed by atoms with Gasteiger partial charge in [-0.25, -0.2) is 9.78 Å². The lowest BCUT2D eigenvalue weighted by Crippen LogP contribution is -2.37. The van der Waals surface area contributed by atoms with E-state index in [9.17, 15) is 4.79 Å². The van der Waals surface area contributed by atoms with E-state index in [1.54, 1.807) is 4.90 Å². The van der Waals surface area contributed by atoms with Crippen LogP contribution in [0.15, 0.2) is 34.9 Å². The molecule has 25 heavy (non-hydrogen) atoms. The number of nitrogens with zero attached hydrogens (tertiary/aromatic N) is 2. The van der Waals surface area contributed by atoms with Crippen LogP contribution >= 0.6 is 15.9 Å². The van der Waals surface area contributed by atoms with Crippen molar-refractivity contribution < 1.29 is 9.53 Å². The average molecular weight is 406 g/mol. The molecular formula is C19H24BrN3O2. The molecule has 6 heteroatoms. The summed E-state index contributed by atoms with van der Waals surface area (Å²) in [5.74, 6) is 1.23. The molecule has 1 saturated heterocycles. The summed E-state index contributed by atoms with van der Waals surface area (Å²) in [6.45, 7) is 8.50. The van der Waals surface area contributed by atoms with Gasteiger partial charge >= 0.3 is 6.09 Å². The van der Waals surface area contributed by atoms with Gasteiger partial charge in [-0.05, 0) is 50.8 Å². The number of aromatic amines is 1. The smallest absolute Gasteiger partial charge is 0.410 e. The quantitative estimate of drug-likeness (QED) is 0.750. The van der Waals surface area contributed by atoms with Gasteiger partial charge in [-0.1, -0.05) is 35.0 Å². The maximum absolute atomic E-state index is 12.6. The van der Waals surface area contributed by atoms with E-state index >= 15 is 0 Å². The third-order valence-corrected chi connectivity index (χ3v) is 4.73. The standard InChI is InChI=1S/C19H24BrN3O2/c1-12-9-16(23(11-12)18(24)25-19(2,3)4)17-21-10-15(22-17)13-5-7-14(20)8-6-13/h5-8,10,12,16H,9,11H2,1-4H3,(H,21,22). The van der Waals surface area contributed by atoms with E-state index in [1.165, 1.54) is 0 Å². The zero-order valence-electron chi connectivity index (χ0n) is 15.0. The largest absolute Gasteiger partial charge is 0.444 e. The van der Waals surface area contributed by atoms with Gasteiger partial charge in [0, 0.05) is 11.0 Å². The molecule has 1 aliphatic rings. The summed E-state index contributed by atoms with van der Waals surface area (Å²) in [6, 6.07) is 7.99. The SMILES string of the molecule is CC1CC(c2ncc(-c3ccc(Br)cc3)[nH]2)N(C(=O)OC(C)(C)C)C1. The van der Waals surface area contributed by atoms with Crippen LogP contribution in [0.1, 0.15) is 46.0 Å². The van der Waals surface area contributed by atoms with Crippen molar-refractivity contribution >= 4 is 22.0 Å². The molecule has 0 aliphatic carbocycles. The predicted molar refractivity (Wildman–Crippen MR) is 101 cm³/mol. The third kappa shape index (κ3) is 4.24. The first-order valence-electron chi connectivity index (χ1n) is 8.53. The van der Waals surface area contributed by atoms with Crippen LogP contribution in [0.4, 0.5) is 4.79 Å². The molecule has 2 heterocycles. The van der Waals surface area contributed by atoms with Crippen molar-refractivity contribution in [2.24, 2.45) is 5.92 Å². The van der Waals surface area contributed by atoms with Crippen LogP contribution in [-0.2, 0) is 4.74 Å². The molecule has 0 saturated carbocycles. The van der Waals surface area contributed by atoms with Crippen LogP contribution in [-0.4, -0.2) is 33.1 Å². The lowest BCUT2D eigenvalue weighted by atomic mass is 10.1. The van der Waals surface area contributed by atoms with Crippen molar-refractivity contribution in [3.05, 3.63) is 40.8 Å². The van der Waals surface area contributed by atoms with E-state index in [-0.39, 0.29) is 12.1 Å². The van der Waals surface area contributed by atoms with Crippen molar-refractivity contribution in [3.8, 4) is 11.3 Å². The molecular weight excluding hydrogens is 382 g/mol. The molecule has 1 aliphatic heterocycles. The second-order valence-electron chi connectivity index (χ2n) is 7.68. The summed E-state index contributed by atoms with van der Waals surface area (Å²) < 4.78 is 6.61. The van der Waals surface area contributed by atoms with E-state index < -0.39 is 5.60 Å². The lowest BCUT2D eigenvalue weighted by molar-refractivity contribution is 0.0214. The third-order valence-electron chi connectivity index (χ3n) is 4.20. The number of aromatic nitrogens is 2. The van der Waals surface area contributed by atoms with E-state index in [4.69, 9.17) is 4.74 Å². The number of hydrogen-bond acceptors (Lipinski definition) is 3. The van der Waals surface area contributed by atoms with Crippen molar-refractivity contribution in [2.75, 3.05) is 6.54 Å². The Morgan fingerprint density at radius 2 is 2.00 bits per heavy atom. The number of benzene rings is 1. The van der Waals surface area contributed by atoms with Crippen molar-refractivity contribution in [2.45, 2.75) is 45.8 Å². The van der Waals surface area contributed by atoms with Gasteiger partial charge in [0.25, 0.3) is 0 Å². The fourth-order valence-electron chi connectivity index (χ4n) is 3.11. The lowest BCUT2D eigenvalue weighted by Gasteiger charge is -2.27. The molecule has 1 fully saturated rings. The molecule has 5 nitrogen and oxygen atoms in total. The van der Waals surface area contributed by atoms with E-state index in [1.807, 2.05) is 51.2 Å². The first-order chi connectivity index (χ1) is 11.7. The van der Waals surface area contributed by atoms with Crippen molar-refractivity contribution in [1.29, 1.82) is 0 Å². The fourth-order valence-corrected chi connectivity index (χ4v) is 3.37. The number of imidazole rings is 1. The second-order valence-corrected chi connectivity index (χ2v) is 8.59. The zero-order chi connectivity index (χ0) is 18.2. The van der Waals surface area contributed by atoms with Crippen molar-refractivity contribution in [3.63, 3.8) is 0 Å². The Hall–Kier alpha value is -1.82. The zero-order valence-corrected chi connectivity index (χ0v) is 16.6. The fraction of sp³-hybridized carbons (Fsp3) is 0.474. The number of carbonyl (C=O) groups is 1. The second kappa shape index (κ2) is 6.83. The Kier molecular flexibility index (Phi) is 4.91. The number of rotatable bonds is 2. The summed E-state index contributed by atoms with van der Waals surface area (Å²) in [6.07, 6.45) is 2.44. The van der Waals surface area contributed by atoms with Crippen LogP contribution in [0.3, 0.4) is 0 Å². The average Bonchev–Trinajstić information content (AvgIpc) is 3.12. The summed E-state index contributed by atoms with van der Waals surface area (Å²) in [5.41, 5.74) is 1.52. The minimum Gasteiger partial charge on any atom is -0.444 e. The molecule has 0 bridgehead atoms. The van der Waals surface area contributed by atoms with E-state index in [0.717, 1.165) is 28.0 Å². The van der Waals surface area contributed by atoms with Crippen LogP contribution in [0.5, 0.6) is 0 Å². The van der Waals surface area contributed by atoms with Crippen LogP contribution in [0, 0.1) is 5.92 Å². The van der Waals surface area contributed by atoms with Gasteiger partial charge in [0.05, 0.1) is 17.9 Å².